The molecule has 1 heterocycles. The third-order valence-corrected chi connectivity index (χ3v) is 11.6. The SMILES string of the molecule is NC(=O)[C@H](Cc1ccc(C(F)(F)P(=O)(O)O)c(Br)c1)NC(=O)[C@H](Cc1ccc(C(F)(F)P(=O)(O)O)c(Br)c1)NC(=O)c1cc(Br)cc(C2(C(F)(F)F)N=N2)c1. The lowest BCUT2D eigenvalue weighted by Gasteiger charge is -2.24. The van der Waals surface area contributed by atoms with Crippen LogP contribution in [0.3, 0.4) is 0 Å². The standard InChI is InChI=1S/C29H23Br3F7N5O9P2/c30-16-10-14(9-15(11-16)26(43-44-26)29(37,38)39)24(46)42-22(8-13-2-4-18(20(32)6-13)28(35,36)55(51,52)53)25(47)41-21(23(40)45)7-12-1-3-17(19(31)5-12)27(33,34)54(48,49)50/h1-6,9-11,21-22H,7-8H2,(H2,40,45)(H,41,47)(H,42,46)(H2,48,49,50)(H2,51,52,53)/t21-,22-/m0/s1. The van der Waals surface area contributed by atoms with E-state index in [-0.39, 0.29) is 15.6 Å². The van der Waals surface area contributed by atoms with Gasteiger partial charge in [-0.05, 0) is 41.5 Å². The number of nitrogens with zero attached hydrogens (tertiary/aromatic N) is 2. The van der Waals surface area contributed by atoms with E-state index in [0.717, 1.165) is 42.5 Å². The van der Waals surface area contributed by atoms with Crippen molar-refractivity contribution in [3.63, 3.8) is 0 Å². The van der Waals surface area contributed by atoms with Crippen LogP contribution in [0.4, 0.5) is 30.7 Å². The predicted molar refractivity (Wildman–Crippen MR) is 187 cm³/mol. The molecule has 26 heteroatoms. The molecule has 0 saturated heterocycles. The van der Waals surface area contributed by atoms with Crippen molar-refractivity contribution in [1.82, 2.24) is 10.6 Å². The number of hydrogen-bond donors (Lipinski definition) is 7. The minimum absolute atomic E-state index is 0.0171. The maximum Gasteiger partial charge on any atom is 0.442 e. The zero-order valence-electron chi connectivity index (χ0n) is 26.7. The minimum atomic E-state index is -6.02. The van der Waals surface area contributed by atoms with Crippen LogP contribution in [0.2, 0.25) is 0 Å². The fourth-order valence-corrected chi connectivity index (χ4v) is 8.12. The molecule has 0 aromatic heterocycles. The van der Waals surface area contributed by atoms with Gasteiger partial charge in [0.25, 0.3) is 5.91 Å². The molecule has 0 unspecified atom stereocenters. The second-order valence-corrected chi connectivity index (χ2v) is 17.7. The smallest absolute Gasteiger partial charge is 0.368 e. The van der Waals surface area contributed by atoms with Crippen molar-refractivity contribution in [2.75, 3.05) is 0 Å². The highest BCUT2D eigenvalue weighted by Gasteiger charge is 2.65. The lowest BCUT2D eigenvalue weighted by molar-refractivity contribution is -0.166. The van der Waals surface area contributed by atoms with Gasteiger partial charge in [0.1, 0.15) is 12.1 Å². The number of primary amides is 1. The molecule has 0 bridgehead atoms. The average molecular weight is 1020 g/mol. The molecule has 2 atom stereocenters. The third kappa shape index (κ3) is 9.56. The summed E-state index contributed by atoms with van der Waals surface area (Å²) in [6.07, 6.45) is -6.12. The molecule has 0 radical (unpaired) electrons. The van der Waals surface area contributed by atoms with Crippen molar-refractivity contribution in [3.8, 4) is 0 Å². The molecule has 298 valence electrons. The normalized spacial score (nSPS) is 15.6. The molecule has 3 aromatic rings. The summed E-state index contributed by atoms with van der Waals surface area (Å²) < 4.78 is 121. The summed E-state index contributed by atoms with van der Waals surface area (Å²) in [5.41, 5.74) is -10.1. The number of hydrogen-bond acceptors (Lipinski definition) is 7. The van der Waals surface area contributed by atoms with Gasteiger partial charge in [-0.15, -0.1) is 10.2 Å². The highest BCUT2D eigenvalue weighted by atomic mass is 79.9. The topological polar surface area (TPSA) is 241 Å². The van der Waals surface area contributed by atoms with E-state index in [1.165, 1.54) is 0 Å². The maximum absolute atomic E-state index is 14.5. The van der Waals surface area contributed by atoms with Crippen LogP contribution in [0.15, 0.2) is 78.2 Å². The first kappa shape index (κ1) is 44.6. The van der Waals surface area contributed by atoms with Gasteiger partial charge in [-0.1, -0.05) is 72.1 Å². The summed E-state index contributed by atoms with van der Waals surface area (Å²) in [6, 6.07) is 4.45. The summed E-state index contributed by atoms with van der Waals surface area (Å²) >= 11 is 8.59. The van der Waals surface area contributed by atoms with Crippen molar-refractivity contribution >= 4 is 80.7 Å². The highest BCUT2D eigenvalue weighted by molar-refractivity contribution is 9.11. The largest absolute Gasteiger partial charge is 0.442 e. The van der Waals surface area contributed by atoms with Crippen LogP contribution in [-0.4, -0.2) is 55.6 Å². The molecule has 8 N–H and O–H groups in total. The van der Waals surface area contributed by atoms with Gasteiger partial charge < -0.3 is 35.9 Å². The van der Waals surface area contributed by atoms with Gasteiger partial charge in [-0.2, -0.15) is 30.7 Å². The Morgan fingerprint density at radius 3 is 1.56 bits per heavy atom. The molecule has 3 amide bonds. The summed E-state index contributed by atoms with van der Waals surface area (Å²) in [5.74, 6) is -3.58. The summed E-state index contributed by atoms with van der Waals surface area (Å²) in [4.78, 5) is 76.1. The summed E-state index contributed by atoms with van der Waals surface area (Å²) in [7, 11) is -12.0. The van der Waals surface area contributed by atoms with Gasteiger partial charge in [0.05, 0.1) is 0 Å². The molecule has 0 spiro atoms. The highest BCUT2D eigenvalue weighted by Crippen LogP contribution is 2.61. The van der Waals surface area contributed by atoms with Crippen LogP contribution in [-0.2, 0) is 48.6 Å². The van der Waals surface area contributed by atoms with E-state index in [2.05, 4.69) is 68.7 Å². The second-order valence-electron chi connectivity index (χ2n) is 11.8. The zero-order valence-corrected chi connectivity index (χ0v) is 33.3. The minimum Gasteiger partial charge on any atom is -0.368 e. The molecule has 1 aliphatic rings. The predicted octanol–water partition coefficient (Wildman–Crippen LogP) is 6.16. The number of carbonyl (C=O) groups excluding carboxylic acids is 3. The fraction of sp³-hybridized carbons (Fsp3) is 0.276. The van der Waals surface area contributed by atoms with E-state index in [9.17, 15) is 54.2 Å². The Morgan fingerprint density at radius 2 is 1.18 bits per heavy atom. The van der Waals surface area contributed by atoms with Gasteiger partial charge in [0, 0.05) is 48.5 Å². The molecule has 0 saturated carbocycles. The number of rotatable bonds is 14. The maximum atomic E-state index is 14.5. The fourth-order valence-electron chi connectivity index (χ4n) is 4.95. The van der Waals surface area contributed by atoms with E-state index in [1.807, 2.05) is 0 Å². The second kappa shape index (κ2) is 15.7. The van der Waals surface area contributed by atoms with Gasteiger partial charge in [0.15, 0.2) is 0 Å². The van der Waals surface area contributed by atoms with Crippen LogP contribution in [0.25, 0.3) is 0 Å². The number of nitrogens with two attached hydrogens (primary N) is 1. The number of halogens is 10. The van der Waals surface area contributed by atoms with Crippen molar-refractivity contribution < 1.29 is 73.8 Å². The van der Waals surface area contributed by atoms with Crippen LogP contribution < -0.4 is 16.4 Å². The molecule has 55 heavy (non-hydrogen) atoms. The van der Waals surface area contributed by atoms with Crippen LogP contribution in [0.1, 0.15) is 38.2 Å². The van der Waals surface area contributed by atoms with Crippen LogP contribution in [0.5, 0.6) is 0 Å². The molecule has 3 aromatic carbocycles. The Kier molecular flexibility index (Phi) is 12.7. The van der Waals surface area contributed by atoms with E-state index >= 15 is 0 Å². The van der Waals surface area contributed by atoms with E-state index in [4.69, 9.17) is 25.3 Å². The molecule has 4 rings (SSSR count). The molecule has 1 aliphatic heterocycles. The monoisotopic (exact) mass is 1020 g/mol. The van der Waals surface area contributed by atoms with Crippen molar-refractivity contribution in [2.24, 2.45) is 16.0 Å². The molecule has 14 nitrogen and oxygen atoms in total. The van der Waals surface area contributed by atoms with Crippen molar-refractivity contribution in [1.29, 1.82) is 0 Å². The van der Waals surface area contributed by atoms with Gasteiger partial charge in [-0.3, -0.25) is 23.5 Å². The first-order valence-electron chi connectivity index (χ1n) is 14.7. The zero-order chi connectivity index (χ0) is 41.7. The first-order chi connectivity index (χ1) is 25.0. The lowest BCUT2D eigenvalue weighted by atomic mass is 9.99. The number of benzene rings is 3. The number of alkyl halides is 7. The Balaban J connectivity index is 1.68. The van der Waals surface area contributed by atoms with Gasteiger partial charge >= 0.3 is 38.4 Å². The molecule has 0 fully saturated rings. The van der Waals surface area contributed by atoms with Crippen LogP contribution in [0, 0.1) is 0 Å². The number of nitrogens with one attached hydrogen (secondary N) is 2. The number of carbonyl (C=O) groups is 3. The Bertz CT molecular complexity index is 2180. The Labute approximate surface area is 329 Å². The van der Waals surface area contributed by atoms with Crippen molar-refractivity contribution in [2.45, 2.75) is 48.1 Å². The van der Waals surface area contributed by atoms with Crippen LogP contribution >= 0.6 is 63.0 Å². The summed E-state index contributed by atoms with van der Waals surface area (Å²) in [6.45, 7) is 0. The van der Waals surface area contributed by atoms with Gasteiger partial charge in [-0.25, -0.2) is 0 Å². The first-order valence-corrected chi connectivity index (χ1v) is 20.3. The van der Waals surface area contributed by atoms with E-state index < -0.39 is 112 Å². The lowest BCUT2D eigenvalue weighted by Crippen LogP contribution is -2.54. The quantitative estimate of drug-likeness (QED) is 0.0722. The number of amides is 3. The van der Waals surface area contributed by atoms with E-state index in [1.54, 1.807) is 0 Å². The Hall–Kier alpha value is -3.08. The molecular formula is C29H23Br3F7N5O9P2. The average Bonchev–Trinajstić information content (AvgIpc) is 3.85. The van der Waals surface area contributed by atoms with E-state index in [0.29, 0.717) is 12.1 Å². The molecular weight excluding hydrogens is 997 g/mol. The van der Waals surface area contributed by atoms with Crippen molar-refractivity contribution in [3.05, 3.63) is 101 Å². The Morgan fingerprint density at radius 1 is 0.727 bits per heavy atom. The van der Waals surface area contributed by atoms with Gasteiger partial charge in [0.2, 0.25) is 11.8 Å². The summed E-state index contributed by atoms with van der Waals surface area (Å²) in [5, 5.41) is 10.7. The third-order valence-electron chi connectivity index (χ3n) is 7.87. The molecule has 0 aliphatic carbocycles.